The molecule has 1 aliphatic carbocycles. The third kappa shape index (κ3) is 4.17. The van der Waals surface area contributed by atoms with Gasteiger partial charge in [0.1, 0.15) is 5.75 Å². The van der Waals surface area contributed by atoms with E-state index >= 15 is 0 Å². The fourth-order valence-corrected chi connectivity index (χ4v) is 4.31. The van der Waals surface area contributed by atoms with Gasteiger partial charge in [0.15, 0.2) is 0 Å². The second-order valence-corrected chi connectivity index (χ2v) is 7.92. The van der Waals surface area contributed by atoms with E-state index in [0.717, 1.165) is 43.4 Å². The monoisotopic (exact) mass is 413 g/mol. The van der Waals surface area contributed by atoms with E-state index in [1.54, 1.807) is 18.2 Å². The van der Waals surface area contributed by atoms with Crippen molar-refractivity contribution in [3.05, 3.63) is 47.0 Å². The summed E-state index contributed by atoms with van der Waals surface area (Å²) in [5.41, 5.74) is 3.16. The Bertz CT molecular complexity index is 941. The van der Waals surface area contributed by atoms with Crippen LogP contribution in [0.1, 0.15) is 31.2 Å². The van der Waals surface area contributed by atoms with Crippen LogP contribution in [0.3, 0.4) is 0 Å². The molecule has 1 fully saturated rings. The number of halogens is 1. The largest absolute Gasteiger partial charge is 0.495 e. The van der Waals surface area contributed by atoms with E-state index in [1.807, 2.05) is 23.1 Å². The molecule has 4 rings (SSSR count). The normalized spacial score (nSPS) is 15.9. The van der Waals surface area contributed by atoms with Gasteiger partial charge in [-0.05, 0) is 55.2 Å². The minimum absolute atomic E-state index is 0.135. The average molecular weight is 414 g/mol. The second kappa shape index (κ2) is 8.33. The smallest absolute Gasteiger partial charge is 0.323 e. The van der Waals surface area contributed by atoms with Crippen LogP contribution in [0, 0.1) is 5.92 Å². The standard InChI is InChI=1S/C22H24ClN3O3/c1-29-20-9-7-16(23)12-18(20)25-22(28)24-17-8-6-14-10-11-26(19(14)13-17)21(27)15-4-2-3-5-15/h6-9,12-13,15H,2-5,10-11H2,1H3,(H2,24,25,28). The number of carbonyl (C=O) groups is 2. The number of anilines is 3. The first-order valence-electron chi connectivity index (χ1n) is 9.91. The van der Waals surface area contributed by atoms with Crippen LogP contribution in [0.15, 0.2) is 36.4 Å². The zero-order chi connectivity index (χ0) is 20.4. The molecule has 2 aromatic rings. The maximum Gasteiger partial charge on any atom is 0.323 e. The van der Waals surface area contributed by atoms with Crippen molar-refractivity contribution in [3.8, 4) is 5.75 Å². The van der Waals surface area contributed by atoms with Gasteiger partial charge in [0.25, 0.3) is 0 Å². The molecule has 0 spiro atoms. The zero-order valence-corrected chi connectivity index (χ0v) is 17.1. The number of methoxy groups -OCH3 is 1. The quantitative estimate of drug-likeness (QED) is 0.734. The first-order chi connectivity index (χ1) is 14.0. The highest BCUT2D eigenvalue weighted by atomic mass is 35.5. The summed E-state index contributed by atoms with van der Waals surface area (Å²) in [6.45, 7) is 0.708. The number of fused-ring (bicyclic) bond motifs is 1. The second-order valence-electron chi connectivity index (χ2n) is 7.49. The molecule has 0 aromatic heterocycles. The topological polar surface area (TPSA) is 70.7 Å². The van der Waals surface area contributed by atoms with Gasteiger partial charge in [0, 0.05) is 28.9 Å². The minimum Gasteiger partial charge on any atom is -0.495 e. The average Bonchev–Trinajstić information content (AvgIpc) is 3.37. The summed E-state index contributed by atoms with van der Waals surface area (Å²) in [6.07, 6.45) is 5.07. The molecule has 7 heteroatoms. The summed E-state index contributed by atoms with van der Waals surface area (Å²) in [6, 6.07) is 10.3. The highest BCUT2D eigenvalue weighted by Gasteiger charge is 2.32. The minimum atomic E-state index is -0.405. The first kappa shape index (κ1) is 19.6. The molecule has 2 aromatic carbocycles. The molecule has 1 saturated carbocycles. The van der Waals surface area contributed by atoms with E-state index in [0.29, 0.717) is 28.7 Å². The van der Waals surface area contributed by atoms with Gasteiger partial charge in [0.05, 0.1) is 12.8 Å². The molecule has 29 heavy (non-hydrogen) atoms. The van der Waals surface area contributed by atoms with Crippen molar-refractivity contribution >= 4 is 40.6 Å². The van der Waals surface area contributed by atoms with Crippen LogP contribution < -0.4 is 20.3 Å². The Morgan fingerprint density at radius 1 is 1.10 bits per heavy atom. The van der Waals surface area contributed by atoms with E-state index in [-0.39, 0.29) is 11.8 Å². The van der Waals surface area contributed by atoms with Gasteiger partial charge in [-0.25, -0.2) is 4.79 Å². The fraction of sp³-hybridized carbons (Fsp3) is 0.364. The number of amides is 3. The Morgan fingerprint density at radius 3 is 2.66 bits per heavy atom. The molecule has 2 aliphatic rings. The molecule has 0 unspecified atom stereocenters. The summed E-state index contributed by atoms with van der Waals surface area (Å²) in [5.74, 6) is 0.870. The molecule has 0 radical (unpaired) electrons. The number of hydrogen-bond donors (Lipinski definition) is 2. The number of hydrogen-bond acceptors (Lipinski definition) is 3. The molecule has 1 aliphatic heterocycles. The molecule has 6 nitrogen and oxygen atoms in total. The number of ether oxygens (including phenoxy) is 1. The molecular weight excluding hydrogens is 390 g/mol. The van der Waals surface area contributed by atoms with Gasteiger partial charge < -0.3 is 20.3 Å². The van der Waals surface area contributed by atoms with Crippen molar-refractivity contribution in [2.75, 3.05) is 29.2 Å². The van der Waals surface area contributed by atoms with E-state index in [4.69, 9.17) is 16.3 Å². The van der Waals surface area contributed by atoms with Crippen LogP contribution in [-0.4, -0.2) is 25.6 Å². The van der Waals surface area contributed by atoms with E-state index in [1.165, 1.54) is 7.11 Å². The highest BCUT2D eigenvalue weighted by molar-refractivity contribution is 6.31. The summed E-state index contributed by atoms with van der Waals surface area (Å²) in [5, 5.41) is 6.09. The molecule has 3 amide bonds. The number of urea groups is 1. The molecule has 152 valence electrons. The van der Waals surface area contributed by atoms with E-state index in [9.17, 15) is 9.59 Å². The Balaban J connectivity index is 1.48. The van der Waals surface area contributed by atoms with Crippen molar-refractivity contribution in [2.24, 2.45) is 5.92 Å². The summed E-state index contributed by atoms with van der Waals surface area (Å²) in [7, 11) is 1.53. The van der Waals surface area contributed by atoms with Crippen LogP contribution in [0.2, 0.25) is 5.02 Å². The van der Waals surface area contributed by atoms with Gasteiger partial charge in [-0.3, -0.25) is 4.79 Å². The third-order valence-corrected chi connectivity index (χ3v) is 5.85. The van der Waals surface area contributed by atoms with Crippen molar-refractivity contribution < 1.29 is 14.3 Å². The summed E-state index contributed by atoms with van der Waals surface area (Å²) in [4.78, 5) is 27.3. The number of benzene rings is 2. The van der Waals surface area contributed by atoms with Crippen molar-refractivity contribution in [1.29, 1.82) is 0 Å². The van der Waals surface area contributed by atoms with Crippen molar-refractivity contribution in [2.45, 2.75) is 32.1 Å². The Hall–Kier alpha value is -2.73. The Morgan fingerprint density at radius 2 is 1.90 bits per heavy atom. The van der Waals surface area contributed by atoms with Gasteiger partial charge in [-0.2, -0.15) is 0 Å². The van der Waals surface area contributed by atoms with Gasteiger partial charge in [0.2, 0.25) is 5.91 Å². The van der Waals surface area contributed by atoms with Crippen LogP contribution in [-0.2, 0) is 11.2 Å². The van der Waals surface area contributed by atoms with Crippen molar-refractivity contribution in [1.82, 2.24) is 0 Å². The lowest BCUT2D eigenvalue weighted by molar-refractivity contribution is -0.122. The highest BCUT2D eigenvalue weighted by Crippen LogP contribution is 2.35. The van der Waals surface area contributed by atoms with E-state index in [2.05, 4.69) is 10.6 Å². The molecule has 0 bridgehead atoms. The maximum atomic E-state index is 12.9. The summed E-state index contributed by atoms with van der Waals surface area (Å²) >= 11 is 6.02. The van der Waals surface area contributed by atoms with Crippen LogP contribution in [0.25, 0.3) is 0 Å². The fourth-order valence-electron chi connectivity index (χ4n) is 4.14. The molecule has 2 N–H and O–H groups in total. The lowest BCUT2D eigenvalue weighted by Crippen LogP contribution is -2.33. The Labute approximate surface area is 175 Å². The SMILES string of the molecule is COc1ccc(Cl)cc1NC(=O)Nc1ccc2c(c1)N(C(=O)C1CCCC1)CC2. The molecule has 0 atom stereocenters. The zero-order valence-electron chi connectivity index (χ0n) is 16.3. The van der Waals surface area contributed by atoms with E-state index < -0.39 is 6.03 Å². The van der Waals surface area contributed by atoms with Gasteiger partial charge in [-0.15, -0.1) is 0 Å². The first-order valence-corrected chi connectivity index (χ1v) is 10.3. The maximum absolute atomic E-state index is 12.9. The predicted molar refractivity (Wildman–Crippen MR) is 115 cm³/mol. The Kier molecular flexibility index (Phi) is 5.62. The van der Waals surface area contributed by atoms with Crippen LogP contribution >= 0.6 is 11.6 Å². The predicted octanol–water partition coefficient (Wildman–Crippen LogP) is 5.07. The summed E-state index contributed by atoms with van der Waals surface area (Å²) < 4.78 is 5.26. The number of nitrogens with zero attached hydrogens (tertiary/aromatic N) is 1. The number of carbonyl (C=O) groups excluding carboxylic acids is 2. The van der Waals surface area contributed by atoms with Crippen LogP contribution in [0.5, 0.6) is 5.75 Å². The lowest BCUT2D eigenvalue weighted by Gasteiger charge is -2.21. The third-order valence-electron chi connectivity index (χ3n) is 5.62. The van der Waals surface area contributed by atoms with Crippen LogP contribution in [0.4, 0.5) is 21.9 Å². The van der Waals surface area contributed by atoms with Gasteiger partial charge >= 0.3 is 6.03 Å². The van der Waals surface area contributed by atoms with Gasteiger partial charge in [-0.1, -0.05) is 30.5 Å². The molecule has 0 saturated heterocycles. The number of rotatable bonds is 4. The molecule has 1 heterocycles. The molecular formula is C22H24ClN3O3. The van der Waals surface area contributed by atoms with Crippen molar-refractivity contribution in [3.63, 3.8) is 0 Å². The number of nitrogens with one attached hydrogen (secondary N) is 2. The lowest BCUT2D eigenvalue weighted by atomic mass is 10.1.